The number of ether oxygens (including phenoxy) is 1. The molecule has 0 saturated heterocycles. The first-order valence-electron chi connectivity index (χ1n) is 7.47. The van der Waals surface area contributed by atoms with Crippen molar-refractivity contribution in [2.24, 2.45) is 5.73 Å². The molecule has 0 aliphatic rings. The fourth-order valence-corrected chi connectivity index (χ4v) is 6.24. The maximum Gasteiger partial charge on any atom is 0.342 e. The van der Waals surface area contributed by atoms with Gasteiger partial charge in [-0.3, -0.25) is 10.5 Å². The van der Waals surface area contributed by atoms with Crippen LogP contribution in [0.2, 0.25) is 0 Å². The SMILES string of the molecule is N#Cc1c(I)c(C(=O)NC(CO)CO)c(I)c(C(=O)OC(N)(CO)CO)c1I. The minimum absolute atomic E-state index is 0.0207. The zero-order valence-electron chi connectivity index (χ0n) is 14.1. The molecule has 0 aliphatic heterocycles. The molecule has 0 unspecified atom stereocenters. The Labute approximate surface area is 200 Å². The Morgan fingerprint density at radius 3 is 2.00 bits per heavy atom. The average molecular weight is 731 g/mol. The number of nitriles is 1. The van der Waals surface area contributed by atoms with Crippen LogP contribution in [0.25, 0.3) is 0 Å². The van der Waals surface area contributed by atoms with Gasteiger partial charge in [0.1, 0.15) is 6.07 Å². The van der Waals surface area contributed by atoms with Gasteiger partial charge in [-0.15, -0.1) is 0 Å². The van der Waals surface area contributed by atoms with Crippen LogP contribution in [0.5, 0.6) is 0 Å². The van der Waals surface area contributed by atoms with E-state index in [2.05, 4.69) is 5.32 Å². The van der Waals surface area contributed by atoms with Gasteiger partial charge >= 0.3 is 5.97 Å². The first-order valence-corrected chi connectivity index (χ1v) is 10.7. The zero-order chi connectivity index (χ0) is 21.6. The molecule has 0 fully saturated rings. The molecule has 10 nitrogen and oxygen atoms in total. The smallest absolute Gasteiger partial charge is 0.342 e. The lowest BCUT2D eigenvalue weighted by Gasteiger charge is -2.26. The number of halogens is 3. The van der Waals surface area contributed by atoms with E-state index in [0.29, 0.717) is 0 Å². The Morgan fingerprint density at radius 1 is 1.07 bits per heavy atom. The molecule has 0 aliphatic carbocycles. The van der Waals surface area contributed by atoms with E-state index in [1.807, 2.05) is 6.07 Å². The fourth-order valence-electron chi connectivity index (χ4n) is 1.90. The quantitative estimate of drug-likeness (QED) is 0.114. The summed E-state index contributed by atoms with van der Waals surface area (Å²) < 4.78 is 5.59. The number of aliphatic hydroxyl groups is 4. The second kappa shape index (κ2) is 11.1. The molecule has 28 heavy (non-hydrogen) atoms. The number of carbonyl (C=O) groups is 2. The van der Waals surface area contributed by atoms with E-state index in [0.717, 1.165) is 0 Å². The summed E-state index contributed by atoms with van der Waals surface area (Å²) in [5.74, 6) is -1.76. The highest BCUT2D eigenvalue weighted by atomic mass is 127. The number of hydrogen-bond acceptors (Lipinski definition) is 9. The summed E-state index contributed by atoms with van der Waals surface area (Å²) in [5.41, 5.74) is 3.43. The van der Waals surface area contributed by atoms with Crippen molar-refractivity contribution in [3.63, 3.8) is 0 Å². The van der Waals surface area contributed by atoms with E-state index < -0.39 is 50.1 Å². The van der Waals surface area contributed by atoms with E-state index >= 15 is 0 Å². The summed E-state index contributed by atoms with van der Waals surface area (Å²) in [4.78, 5) is 25.3. The molecule has 0 saturated carbocycles. The van der Waals surface area contributed by atoms with Gasteiger partial charge in [0.05, 0.1) is 49.2 Å². The molecular formula is C15H16I3N3O7. The number of amides is 1. The molecule has 154 valence electrons. The maximum atomic E-state index is 12.7. The van der Waals surface area contributed by atoms with Gasteiger partial charge in [-0.05, 0) is 67.8 Å². The van der Waals surface area contributed by atoms with E-state index in [4.69, 9.17) is 20.7 Å². The predicted molar refractivity (Wildman–Crippen MR) is 121 cm³/mol. The second-order valence-electron chi connectivity index (χ2n) is 5.48. The van der Waals surface area contributed by atoms with Gasteiger partial charge in [-0.25, -0.2) is 4.79 Å². The lowest BCUT2D eigenvalue weighted by Crippen LogP contribution is -2.51. The molecule has 0 heterocycles. The fraction of sp³-hybridized carbons (Fsp3) is 0.400. The van der Waals surface area contributed by atoms with Gasteiger partial charge in [0.2, 0.25) is 5.72 Å². The topological polar surface area (TPSA) is 186 Å². The molecular weight excluding hydrogens is 715 g/mol. The van der Waals surface area contributed by atoms with Crippen molar-refractivity contribution in [3.8, 4) is 6.07 Å². The third-order valence-corrected chi connectivity index (χ3v) is 6.70. The highest BCUT2D eigenvalue weighted by Gasteiger charge is 2.34. The first-order chi connectivity index (χ1) is 13.1. The van der Waals surface area contributed by atoms with Crippen molar-refractivity contribution >= 4 is 79.6 Å². The van der Waals surface area contributed by atoms with Crippen LogP contribution >= 0.6 is 67.8 Å². The number of nitrogens with one attached hydrogen (secondary N) is 1. The summed E-state index contributed by atoms with van der Waals surface area (Å²) in [7, 11) is 0. The van der Waals surface area contributed by atoms with E-state index in [9.17, 15) is 25.1 Å². The third kappa shape index (κ3) is 5.62. The number of nitrogens with zero attached hydrogens (tertiary/aromatic N) is 1. The summed E-state index contributed by atoms with van der Waals surface area (Å²) in [5, 5.41) is 48.7. The van der Waals surface area contributed by atoms with Crippen LogP contribution in [-0.4, -0.2) is 70.5 Å². The number of nitrogens with two attached hydrogens (primary N) is 1. The van der Waals surface area contributed by atoms with Crippen molar-refractivity contribution in [2.75, 3.05) is 26.4 Å². The normalized spacial score (nSPS) is 11.3. The molecule has 7 N–H and O–H groups in total. The van der Waals surface area contributed by atoms with Gasteiger partial charge < -0.3 is 30.5 Å². The molecule has 0 atom stereocenters. The monoisotopic (exact) mass is 731 g/mol. The third-order valence-electron chi connectivity index (χ3n) is 3.47. The molecule has 1 rings (SSSR count). The van der Waals surface area contributed by atoms with Crippen molar-refractivity contribution in [3.05, 3.63) is 27.4 Å². The minimum Gasteiger partial charge on any atom is -0.435 e. The number of aliphatic hydroxyl groups excluding tert-OH is 4. The molecule has 1 aromatic carbocycles. The largest absolute Gasteiger partial charge is 0.435 e. The summed E-state index contributed by atoms with van der Waals surface area (Å²) in [6.45, 7) is -2.72. The summed E-state index contributed by atoms with van der Waals surface area (Å²) in [6, 6.07) is 0.988. The zero-order valence-corrected chi connectivity index (χ0v) is 20.6. The Balaban J connectivity index is 3.57. The lowest BCUT2D eigenvalue weighted by molar-refractivity contribution is -0.0713. The van der Waals surface area contributed by atoms with E-state index in [1.165, 1.54) is 0 Å². The highest BCUT2D eigenvalue weighted by Crippen LogP contribution is 2.32. The average Bonchev–Trinajstić information content (AvgIpc) is 2.66. The number of hydrogen-bond donors (Lipinski definition) is 6. The molecule has 0 bridgehead atoms. The summed E-state index contributed by atoms with van der Waals surface area (Å²) in [6.07, 6.45) is 0. The van der Waals surface area contributed by atoms with Crippen LogP contribution < -0.4 is 11.1 Å². The van der Waals surface area contributed by atoms with Gasteiger partial charge in [-0.1, -0.05) is 0 Å². The van der Waals surface area contributed by atoms with Gasteiger partial charge in [0.15, 0.2) is 0 Å². The van der Waals surface area contributed by atoms with Crippen molar-refractivity contribution < 1.29 is 34.8 Å². The van der Waals surface area contributed by atoms with Crippen LogP contribution in [-0.2, 0) is 4.74 Å². The molecule has 0 aromatic heterocycles. The lowest BCUT2D eigenvalue weighted by atomic mass is 10.0. The maximum absolute atomic E-state index is 12.7. The van der Waals surface area contributed by atoms with E-state index in [1.54, 1.807) is 67.8 Å². The van der Waals surface area contributed by atoms with Crippen LogP contribution in [0.4, 0.5) is 0 Å². The Bertz CT molecular complexity index is 805. The molecule has 0 spiro atoms. The van der Waals surface area contributed by atoms with Crippen LogP contribution in [0.3, 0.4) is 0 Å². The number of rotatable bonds is 8. The van der Waals surface area contributed by atoms with Gasteiger partial charge in [0, 0.05) is 10.7 Å². The number of carbonyl (C=O) groups excluding carboxylic acids is 2. The van der Waals surface area contributed by atoms with Gasteiger partial charge in [0.25, 0.3) is 5.91 Å². The van der Waals surface area contributed by atoms with Crippen molar-refractivity contribution in [1.29, 1.82) is 5.26 Å². The van der Waals surface area contributed by atoms with Gasteiger partial charge in [-0.2, -0.15) is 5.26 Å². The van der Waals surface area contributed by atoms with Crippen LogP contribution in [0.15, 0.2) is 0 Å². The predicted octanol–water partition coefficient (Wildman–Crippen LogP) is -0.749. The Morgan fingerprint density at radius 2 is 1.57 bits per heavy atom. The molecule has 13 heteroatoms. The number of esters is 1. The Hall–Kier alpha value is -0.360. The summed E-state index contributed by atoms with van der Waals surface area (Å²) >= 11 is 5.27. The van der Waals surface area contributed by atoms with Crippen LogP contribution in [0.1, 0.15) is 26.3 Å². The second-order valence-corrected chi connectivity index (χ2v) is 8.72. The highest BCUT2D eigenvalue weighted by molar-refractivity contribution is 14.1. The van der Waals surface area contributed by atoms with Crippen molar-refractivity contribution in [2.45, 2.75) is 11.8 Å². The molecule has 0 radical (unpaired) electrons. The first kappa shape index (κ1) is 25.7. The molecule has 1 amide bonds. The van der Waals surface area contributed by atoms with Crippen molar-refractivity contribution in [1.82, 2.24) is 5.32 Å². The minimum atomic E-state index is -2.04. The van der Waals surface area contributed by atoms with E-state index in [-0.39, 0.29) is 27.4 Å². The molecule has 1 aromatic rings. The Kier molecular flexibility index (Phi) is 10.2. The number of benzene rings is 1. The standard InChI is InChI=1S/C15H16I3N3O7/c16-10-7(1-19)11(17)9(14(27)28-15(20,4-24)5-25)12(18)8(10)13(26)21-6(2-22)3-23/h6,22-25H,2-5,20H2,(H,21,26). The van der Waals surface area contributed by atoms with Crippen LogP contribution in [0, 0.1) is 22.0 Å².